The highest BCUT2D eigenvalue weighted by atomic mass is 31.2. The van der Waals surface area contributed by atoms with E-state index in [4.69, 9.17) is 23.3 Å². The number of esters is 3. The van der Waals surface area contributed by atoms with Crippen LogP contribution in [0.15, 0.2) is 48.6 Å². The summed E-state index contributed by atoms with van der Waals surface area (Å²) in [6.45, 7) is 4.50. The summed E-state index contributed by atoms with van der Waals surface area (Å²) < 4.78 is 39.4. The van der Waals surface area contributed by atoms with Crippen molar-refractivity contribution in [3.8, 4) is 0 Å². The van der Waals surface area contributed by atoms with Crippen LogP contribution in [0.4, 0.5) is 0 Å². The van der Waals surface area contributed by atoms with E-state index in [1.807, 2.05) is 0 Å². The second-order valence-corrected chi connectivity index (χ2v) is 19.8. The first-order chi connectivity index (χ1) is 33.2. The van der Waals surface area contributed by atoms with E-state index in [1.165, 1.54) is 83.5 Å². The zero-order chi connectivity index (χ0) is 49.9. The molecule has 0 heterocycles. The van der Waals surface area contributed by atoms with Crippen LogP contribution in [0, 0.1) is 0 Å². The Balaban J connectivity index is 4.74. The second kappa shape index (κ2) is 50.8. The van der Waals surface area contributed by atoms with Gasteiger partial charge in [-0.25, -0.2) is 4.57 Å². The molecule has 0 amide bonds. The molecule has 3 unspecified atom stereocenters. The highest BCUT2D eigenvalue weighted by Crippen LogP contribution is 2.43. The van der Waals surface area contributed by atoms with Crippen LogP contribution >= 0.6 is 7.82 Å². The van der Waals surface area contributed by atoms with Gasteiger partial charge < -0.3 is 24.2 Å². The molecule has 3 atom stereocenters. The highest BCUT2D eigenvalue weighted by molar-refractivity contribution is 7.47. The van der Waals surface area contributed by atoms with Gasteiger partial charge in [0.05, 0.1) is 19.8 Å². The first-order valence-electron chi connectivity index (χ1n) is 27.5. The topological polar surface area (TPSA) is 155 Å². The molecule has 396 valence electrons. The van der Waals surface area contributed by atoms with Crippen molar-refractivity contribution in [3.05, 3.63) is 48.6 Å². The average molecular weight is 981 g/mol. The van der Waals surface area contributed by atoms with Gasteiger partial charge in [-0.2, -0.15) is 0 Å². The van der Waals surface area contributed by atoms with E-state index in [9.17, 15) is 28.9 Å². The number of allylic oxidation sites excluding steroid dienone is 8. The number of aliphatic hydroxyl groups excluding tert-OH is 1. The van der Waals surface area contributed by atoms with E-state index in [2.05, 4.69) is 69.4 Å². The Labute approximate surface area is 415 Å². The summed E-state index contributed by atoms with van der Waals surface area (Å²) in [6.07, 6.45) is 52.1. The molecule has 0 saturated carbocycles. The maximum Gasteiger partial charge on any atom is 0.472 e. The molecule has 0 spiro atoms. The second-order valence-electron chi connectivity index (χ2n) is 18.4. The van der Waals surface area contributed by atoms with Crippen LogP contribution in [0.5, 0.6) is 0 Å². The third-order valence-corrected chi connectivity index (χ3v) is 12.7. The van der Waals surface area contributed by atoms with Crippen molar-refractivity contribution in [2.75, 3.05) is 26.4 Å². The Morgan fingerprint density at radius 3 is 1.21 bits per heavy atom. The SMILES string of the molecule is CC/C=C\C/C=C\C/C=C\CCCCCCCC(=O)OCC(COP(=O)(O)OCC(CO)OC(=O)CCCCCCCCCCCCCCC)OC(=O)CCCCCCC/C=C\CCCCCC. The Morgan fingerprint density at radius 2 is 0.765 bits per heavy atom. The molecule has 2 N–H and O–H groups in total. The third-order valence-electron chi connectivity index (χ3n) is 11.7. The lowest BCUT2D eigenvalue weighted by Gasteiger charge is -2.21. The normalized spacial score (nSPS) is 13.8. The lowest BCUT2D eigenvalue weighted by atomic mass is 10.0. The fourth-order valence-electron chi connectivity index (χ4n) is 7.54. The molecule has 12 heteroatoms. The van der Waals surface area contributed by atoms with Gasteiger partial charge in [-0.05, 0) is 77.0 Å². The van der Waals surface area contributed by atoms with Crippen LogP contribution in [0.3, 0.4) is 0 Å². The number of ether oxygens (including phenoxy) is 3. The Kier molecular flexibility index (Phi) is 48.9. The molecule has 0 bridgehead atoms. The number of phosphoric ester groups is 1. The van der Waals surface area contributed by atoms with Crippen molar-refractivity contribution in [2.24, 2.45) is 0 Å². The summed E-state index contributed by atoms with van der Waals surface area (Å²) in [6, 6.07) is 0. The number of hydrogen-bond acceptors (Lipinski definition) is 10. The van der Waals surface area contributed by atoms with E-state index >= 15 is 0 Å². The fraction of sp³-hybridized carbons (Fsp3) is 0.804. The zero-order valence-electron chi connectivity index (χ0n) is 43.6. The van der Waals surface area contributed by atoms with Gasteiger partial charge in [0.1, 0.15) is 12.7 Å². The van der Waals surface area contributed by atoms with Gasteiger partial charge in [-0.1, -0.05) is 204 Å². The fourth-order valence-corrected chi connectivity index (χ4v) is 8.33. The largest absolute Gasteiger partial charge is 0.472 e. The first kappa shape index (κ1) is 65.4. The molecule has 0 aromatic rings. The lowest BCUT2D eigenvalue weighted by Crippen LogP contribution is -2.30. The highest BCUT2D eigenvalue weighted by Gasteiger charge is 2.28. The summed E-state index contributed by atoms with van der Waals surface area (Å²) in [4.78, 5) is 48.4. The van der Waals surface area contributed by atoms with Gasteiger partial charge in [-0.3, -0.25) is 23.4 Å². The van der Waals surface area contributed by atoms with Gasteiger partial charge in [0.25, 0.3) is 0 Å². The Bertz CT molecular complexity index is 1330. The van der Waals surface area contributed by atoms with Crippen molar-refractivity contribution in [1.29, 1.82) is 0 Å². The number of carbonyl (C=O) groups is 3. The van der Waals surface area contributed by atoms with Gasteiger partial charge >= 0.3 is 25.7 Å². The molecular weight excluding hydrogens is 880 g/mol. The monoisotopic (exact) mass is 981 g/mol. The van der Waals surface area contributed by atoms with Gasteiger partial charge in [0.2, 0.25) is 0 Å². The first-order valence-corrected chi connectivity index (χ1v) is 29.0. The molecule has 0 aliphatic carbocycles. The molecule has 0 aromatic heterocycles. The molecule has 0 saturated heterocycles. The minimum atomic E-state index is -4.74. The summed E-state index contributed by atoms with van der Waals surface area (Å²) in [5.74, 6) is -1.48. The van der Waals surface area contributed by atoms with E-state index in [-0.39, 0.29) is 25.9 Å². The zero-order valence-corrected chi connectivity index (χ0v) is 44.5. The summed E-state index contributed by atoms with van der Waals surface area (Å²) >= 11 is 0. The van der Waals surface area contributed by atoms with Crippen molar-refractivity contribution in [2.45, 2.75) is 264 Å². The molecule has 11 nitrogen and oxygen atoms in total. The molecule has 0 fully saturated rings. The minimum Gasteiger partial charge on any atom is -0.462 e. The minimum absolute atomic E-state index is 0.155. The number of aliphatic hydroxyl groups is 1. The Morgan fingerprint density at radius 1 is 0.426 bits per heavy atom. The third kappa shape index (κ3) is 48.5. The van der Waals surface area contributed by atoms with E-state index < -0.39 is 57.8 Å². The molecule has 0 rings (SSSR count). The predicted octanol–water partition coefficient (Wildman–Crippen LogP) is 15.8. The molecule has 0 aromatic carbocycles. The quantitative estimate of drug-likeness (QED) is 0.0197. The predicted molar refractivity (Wildman–Crippen MR) is 279 cm³/mol. The summed E-state index contributed by atoms with van der Waals surface area (Å²) in [5, 5.41) is 9.79. The van der Waals surface area contributed by atoms with E-state index in [0.29, 0.717) is 19.3 Å². The summed E-state index contributed by atoms with van der Waals surface area (Å²) in [5.41, 5.74) is 0. The van der Waals surface area contributed by atoms with Crippen LogP contribution in [0.1, 0.15) is 252 Å². The van der Waals surface area contributed by atoms with Gasteiger partial charge in [0, 0.05) is 19.3 Å². The number of hydrogen-bond donors (Lipinski definition) is 2. The smallest absolute Gasteiger partial charge is 0.462 e. The van der Waals surface area contributed by atoms with Crippen LogP contribution in [0.25, 0.3) is 0 Å². The van der Waals surface area contributed by atoms with E-state index in [0.717, 1.165) is 109 Å². The van der Waals surface area contributed by atoms with Gasteiger partial charge in [0.15, 0.2) is 6.10 Å². The van der Waals surface area contributed by atoms with Crippen LogP contribution in [-0.2, 0) is 42.2 Å². The van der Waals surface area contributed by atoms with Crippen molar-refractivity contribution >= 4 is 25.7 Å². The lowest BCUT2D eigenvalue weighted by molar-refractivity contribution is -0.161. The maximum absolute atomic E-state index is 12.9. The molecule has 0 aliphatic heterocycles. The van der Waals surface area contributed by atoms with Crippen molar-refractivity contribution in [1.82, 2.24) is 0 Å². The number of rotatable bonds is 51. The van der Waals surface area contributed by atoms with Crippen molar-refractivity contribution < 1.29 is 52.2 Å². The summed E-state index contributed by atoms with van der Waals surface area (Å²) in [7, 11) is -4.74. The van der Waals surface area contributed by atoms with Crippen LogP contribution in [-0.4, -0.2) is 66.5 Å². The number of unbranched alkanes of at least 4 members (excludes halogenated alkanes) is 26. The standard InChI is InChI=1S/C56H101O11P/c1-4-7-10-13-16-19-22-25-26-29-30-33-36-39-42-45-54(58)63-49-53(67-56(60)47-44-41-38-35-32-28-24-21-18-15-12-9-6-3)51-65-68(61,62)64-50-52(48-57)66-55(59)46-43-40-37-34-31-27-23-20-17-14-11-8-5-2/h7,10,16,19,21,24-26,52-53,57H,4-6,8-9,11-15,17-18,20,22-23,27-51H2,1-3H3,(H,61,62)/b10-7-,19-16-,24-21-,26-25-. The Hall–Kier alpha value is -2.56. The molecular formula is C56H101O11P. The van der Waals surface area contributed by atoms with Crippen LogP contribution in [0.2, 0.25) is 0 Å². The van der Waals surface area contributed by atoms with Crippen LogP contribution < -0.4 is 0 Å². The maximum atomic E-state index is 12.9. The molecule has 68 heavy (non-hydrogen) atoms. The van der Waals surface area contributed by atoms with E-state index in [1.54, 1.807) is 0 Å². The van der Waals surface area contributed by atoms with Gasteiger partial charge in [-0.15, -0.1) is 0 Å². The molecule has 0 radical (unpaired) electrons. The number of carbonyl (C=O) groups excluding carboxylic acids is 3. The van der Waals surface area contributed by atoms with Crippen molar-refractivity contribution in [3.63, 3.8) is 0 Å². The average Bonchev–Trinajstić information content (AvgIpc) is 3.32. The number of phosphoric acid groups is 1. The molecule has 0 aliphatic rings.